The zero-order valence-corrected chi connectivity index (χ0v) is 84.7. The Kier molecular flexibility index (Phi) is 47.7. The second kappa shape index (κ2) is 58.7. The molecule has 0 saturated heterocycles. The Morgan fingerprint density at radius 3 is 0.819 bits per heavy atom. The highest BCUT2D eigenvalue weighted by molar-refractivity contribution is 14.1. The van der Waals surface area contributed by atoms with Crippen molar-refractivity contribution in [3.8, 4) is 69.0 Å². The van der Waals surface area contributed by atoms with E-state index in [0.29, 0.717) is 35.9 Å². The fraction of sp³-hybridized carbons (Fsp3) is 0.243. The molecule has 0 spiro atoms. The van der Waals surface area contributed by atoms with E-state index in [1.807, 2.05) is 22.6 Å². The van der Waals surface area contributed by atoms with Gasteiger partial charge in [-0.15, -0.1) is 0 Å². The fourth-order valence-electron chi connectivity index (χ4n) is 12.4. The van der Waals surface area contributed by atoms with Crippen LogP contribution < -0.4 is 56.8 Å². The van der Waals surface area contributed by atoms with Crippen molar-refractivity contribution in [2.75, 3.05) is 42.7 Å². The summed E-state index contributed by atoms with van der Waals surface area (Å²) in [7, 11) is 6.84. The van der Waals surface area contributed by atoms with Gasteiger partial charge in [-0.3, -0.25) is 0 Å². The van der Waals surface area contributed by atoms with Crippen LogP contribution in [0.5, 0.6) is 69.0 Å². The zero-order chi connectivity index (χ0) is 110. The van der Waals surface area contributed by atoms with Gasteiger partial charge in [0.2, 0.25) is 0 Å². The lowest BCUT2D eigenvalue weighted by atomic mass is 10.1. The van der Waals surface area contributed by atoms with Crippen LogP contribution in [0.1, 0.15) is 144 Å². The molecule has 0 aromatic heterocycles. The van der Waals surface area contributed by atoms with Gasteiger partial charge in [-0.05, 0) is 207 Å². The standard InChI is InChI=1S/C18H17F3O4.C17H14BrF3O4.C17H14ClF3O4.C17H14F4O4.C17H14F3IO4.C17H15F3O4/c1-10-5-4-6-15(25-18(22)23-3)13(10)9-24-16-8-14(19)11(2)7-12(16)17(20)21;3*1-9-6-10(16(20)21)15(7-13(9)19)24-8-11-12(18)4-3-5-14(11)25-17(22)23-2;1-9-6-10(16(19)20)15(7-12(9)18)24-8-11-13(21)4-3-5-14(11)25-17(22)23-2;1-10-7-12(16(19)20)15(8-13(10)18)23-9-11-5-3-4-6-14(11)24-17(21)22-2/h4-8,17H,9H2,1-3H3;4*3-7,16H,8H2,1-2H3;3-8,16H,9H2,1-2H3. The molecule has 0 aliphatic carbocycles. The summed E-state index contributed by atoms with van der Waals surface area (Å²) < 4.78 is 343. The number of carbonyl (C=O) groups is 6. The molecule has 149 heavy (non-hydrogen) atoms. The molecule has 0 saturated carbocycles. The molecule has 0 N–H and O–H groups in total. The molecule has 0 heterocycles. The summed E-state index contributed by atoms with van der Waals surface area (Å²) in [6.45, 7) is 8.39. The van der Waals surface area contributed by atoms with E-state index in [0.717, 1.165) is 122 Å². The highest BCUT2D eigenvalue weighted by Crippen LogP contribution is 2.43. The van der Waals surface area contributed by atoms with Crippen LogP contribution in [0.3, 0.4) is 0 Å². The number of hydrogen-bond donors (Lipinski definition) is 0. The van der Waals surface area contributed by atoms with E-state index in [2.05, 4.69) is 44.4 Å². The molecule has 0 aliphatic heterocycles. The van der Waals surface area contributed by atoms with Gasteiger partial charge in [-0.1, -0.05) is 82.1 Å². The van der Waals surface area contributed by atoms with Crippen LogP contribution >= 0.6 is 50.1 Å². The van der Waals surface area contributed by atoms with E-state index in [1.165, 1.54) is 96.1 Å². The largest absolute Gasteiger partial charge is 0.513 e. The molecule has 46 heteroatoms. The molecule has 0 radical (unpaired) electrons. The average molecular weight is 2310 g/mol. The molecule has 0 fully saturated rings. The summed E-state index contributed by atoms with van der Waals surface area (Å²) >= 11 is 11.3. The number of methoxy groups -OCH3 is 6. The van der Waals surface area contributed by atoms with Crippen LogP contribution in [-0.4, -0.2) is 79.6 Å². The second-order valence-corrected chi connectivity index (χ2v) is 32.7. The Balaban J connectivity index is 0.000000242. The van der Waals surface area contributed by atoms with E-state index in [1.54, 1.807) is 61.5 Å². The molecule has 0 amide bonds. The van der Waals surface area contributed by atoms with Crippen molar-refractivity contribution >= 4 is 87.1 Å². The van der Waals surface area contributed by atoms with Crippen LogP contribution in [0.15, 0.2) is 193 Å². The number of halogens is 22. The van der Waals surface area contributed by atoms with Gasteiger partial charge in [0.05, 0.1) is 92.2 Å². The SMILES string of the molecule is COC(=O)Oc1cccc(Br)c1COc1cc(F)c(C)cc1C(F)F.COC(=O)Oc1cccc(C)c1COc1cc(F)c(C)cc1C(F)F.COC(=O)Oc1cccc(Cl)c1COc1cc(F)c(C)cc1C(F)F.COC(=O)Oc1cccc(F)c1COc1cc(F)c(C)cc1C(F)F.COC(=O)Oc1cccc(I)c1COc1cc(F)c(C)cc1C(F)F.COC(=O)Oc1ccccc1COc1cc(F)c(C)cc1C(F)F. The molecule has 12 aromatic carbocycles. The number of alkyl halides is 12. The van der Waals surface area contributed by atoms with Crippen LogP contribution in [-0.2, 0) is 68.1 Å². The molecule has 798 valence electrons. The number of rotatable bonds is 30. The van der Waals surface area contributed by atoms with Crippen LogP contribution in [0, 0.1) is 92.8 Å². The molecular formula is C103H88BrClF19IO24. The van der Waals surface area contributed by atoms with Gasteiger partial charge >= 0.3 is 36.9 Å². The molecule has 0 unspecified atom stereocenters. The van der Waals surface area contributed by atoms with Crippen molar-refractivity contribution in [2.45, 2.75) is 127 Å². The Morgan fingerprint density at radius 2 is 0.490 bits per heavy atom. The van der Waals surface area contributed by atoms with Crippen molar-refractivity contribution in [2.24, 2.45) is 0 Å². The van der Waals surface area contributed by atoms with Crippen molar-refractivity contribution < 1.29 is 197 Å². The molecule has 0 atom stereocenters. The summed E-state index contributed by atoms with van der Waals surface area (Å²) in [4.78, 5) is 67.6. The lowest BCUT2D eigenvalue weighted by Crippen LogP contribution is -2.11. The summed E-state index contributed by atoms with van der Waals surface area (Å²) in [6, 6.07) is 40.6. The minimum absolute atomic E-state index is 0.0308. The smallest absolute Gasteiger partial charge is 0.488 e. The lowest BCUT2D eigenvalue weighted by Gasteiger charge is -2.16. The predicted octanol–water partition coefficient (Wildman–Crippen LogP) is 31.2. The second-order valence-electron chi connectivity index (χ2n) is 30.2. The summed E-state index contributed by atoms with van der Waals surface area (Å²) in [5, 5.41) is 0.188. The van der Waals surface area contributed by atoms with Gasteiger partial charge in [0.1, 0.15) is 149 Å². The highest BCUT2D eigenvalue weighted by Gasteiger charge is 2.29. The van der Waals surface area contributed by atoms with Gasteiger partial charge in [-0.25, -0.2) is 112 Å². The summed E-state index contributed by atoms with van der Waals surface area (Å²) in [5.41, 5.74) is 0.403. The van der Waals surface area contributed by atoms with Gasteiger partial charge in [0.15, 0.2) is 0 Å². The van der Waals surface area contributed by atoms with Crippen LogP contribution in [0.25, 0.3) is 0 Å². The fourth-order valence-corrected chi connectivity index (χ4v) is 13.7. The van der Waals surface area contributed by atoms with Crippen LogP contribution in [0.4, 0.5) is 112 Å². The number of hydrogen-bond acceptors (Lipinski definition) is 24. The molecule has 12 aromatic rings. The van der Waals surface area contributed by atoms with Crippen LogP contribution in [0.2, 0.25) is 5.02 Å². The van der Waals surface area contributed by atoms with Gasteiger partial charge < -0.3 is 85.3 Å². The minimum Gasteiger partial charge on any atom is -0.488 e. The maximum atomic E-state index is 14.0. The number of para-hydroxylation sites is 1. The van der Waals surface area contributed by atoms with E-state index in [4.69, 9.17) is 68.4 Å². The summed E-state index contributed by atoms with van der Waals surface area (Å²) in [6.07, 6.45) is -22.7. The maximum absolute atomic E-state index is 14.0. The minimum atomic E-state index is -2.90. The van der Waals surface area contributed by atoms with E-state index in [-0.39, 0.29) is 146 Å². The number of benzene rings is 12. The first-order valence-electron chi connectivity index (χ1n) is 42.6. The maximum Gasteiger partial charge on any atom is 0.513 e. The normalized spacial score (nSPS) is 10.7. The summed E-state index contributed by atoms with van der Waals surface area (Å²) in [5.74, 6) is -6.10. The molecular weight excluding hydrogens is 2220 g/mol. The molecule has 12 rings (SSSR count). The van der Waals surface area contributed by atoms with Crippen molar-refractivity contribution in [3.05, 3.63) is 348 Å². The first kappa shape index (κ1) is 121. The Hall–Kier alpha value is -14.8. The number of ether oxygens (including phenoxy) is 18. The Labute approximate surface area is 865 Å². The molecule has 24 nitrogen and oxygen atoms in total. The highest BCUT2D eigenvalue weighted by atomic mass is 127. The van der Waals surface area contributed by atoms with Gasteiger partial charge in [-0.2, -0.15) is 0 Å². The van der Waals surface area contributed by atoms with Gasteiger partial charge in [0, 0.05) is 66.7 Å². The Morgan fingerprint density at radius 1 is 0.255 bits per heavy atom. The zero-order valence-electron chi connectivity index (χ0n) is 80.2. The third-order valence-electron chi connectivity index (χ3n) is 20.2. The lowest BCUT2D eigenvalue weighted by molar-refractivity contribution is 0.119. The first-order valence-corrected chi connectivity index (χ1v) is 44.9. The van der Waals surface area contributed by atoms with E-state index >= 15 is 0 Å². The average Bonchev–Trinajstić information content (AvgIpc) is 0.825. The van der Waals surface area contributed by atoms with E-state index < -0.39 is 162 Å². The number of aryl methyl sites for hydroxylation is 7. The third-order valence-corrected chi connectivity index (χ3v) is 22.3. The first-order chi connectivity index (χ1) is 70.6. The van der Waals surface area contributed by atoms with Crippen molar-refractivity contribution in [1.29, 1.82) is 0 Å². The van der Waals surface area contributed by atoms with Crippen molar-refractivity contribution in [1.82, 2.24) is 0 Å². The quantitative estimate of drug-likeness (QED) is 0.0133. The predicted molar refractivity (Wildman–Crippen MR) is 510 cm³/mol. The third kappa shape index (κ3) is 36.1. The Bertz CT molecular complexity index is 5890. The van der Waals surface area contributed by atoms with Crippen molar-refractivity contribution in [3.63, 3.8) is 0 Å². The topological polar surface area (TPSA) is 269 Å². The van der Waals surface area contributed by atoms with Gasteiger partial charge in [0.25, 0.3) is 38.6 Å². The monoisotopic (exact) mass is 2310 g/mol. The number of carbonyl (C=O) groups excluding carboxylic acids is 6. The molecule has 0 bridgehead atoms. The molecule has 0 aliphatic rings. The van der Waals surface area contributed by atoms with E-state index in [9.17, 15) is 112 Å².